The molecule has 1 N–H and O–H groups in total. The Balaban J connectivity index is 0.00000112. The minimum atomic E-state index is 0. The minimum absolute atomic E-state index is 0. The molecule has 0 radical (unpaired) electrons. The van der Waals surface area contributed by atoms with Crippen molar-refractivity contribution in [3.05, 3.63) is 29.8 Å². The van der Waals surface area contributed by atoms with E-state index in [0.717, 1.165) is 37.4 Å². The van der Waals surface area contributed by atoms with Crippen LogP contribution < -0.4 is 10.2 Å². The van der Waals surface area contributed by atoms with Crippen molar-refractivity contribution in [3.63, 3.8) is 0 Å². The van der Waals surface area contributed by atoms with Gasteiger partial charge in [0.25, 0.3) is 0 Å². The average Bonchev–Trinajstić information content (AvgIpc) is 2.30. The molecular formula is C11H14ClN3. The van der Waals surface area contributed by atoms with Crippen LogP contribution in [0, 0.1) is 11.3 Å². The Labute approximate surface area is 96.1 Å². The molecule has 0 amide bonds. The molecule has 3 nitrogen and oxygen atoms in total. The average molecular weight is 224 g/mol. The number of hydrogen-bond donors (Lipinski definition) is 1. The van der Waals surface area contributed by atoms with E-state index in [1.165, 1.54) is 0 Å². The van der Waals surface area contributed by atoms with E-state index in [4.69, 9.17) is 5.26 Å². The fraction of sp³-hybridized carbons (Fsp3) is 0.364. The van der Waals surface area contributed by atoms with Crippen molar-refractivity contribution in [1.29, 1.82) is 5.26 Å². The van der Waals surface area contributed by atoms with Crippen molar-refractivity contribution >= 4 is 18.1 Å². The molecule has 0 unspecified atom stereocenters. The van der Waals surface area contributed by atoms with E-state index in [-0.39, 0.29) is 12.4 Å². The third-order valence-corrected chi connectivity index (χ3v) is 2.48. The molecule has 1 aliphatic heterocycles. The summed E-state index contributed by atoms with van der Waals surface area (Å²) in [5.41, 5.74) is 1.84. The maximum absolute atomic E-state index is 8.96. The summed E-state index contributed by atoms with van der Waals surface area (Å²) in [5, 5.41) is 12.3. The zero-order valence-electron chi connectivity index (χ0n) is 8.44. The predicted octanol–water partition coefficient (Wildman–Crippen LogP) is 1.39. The van der Waals surface area contributed by atoms with Crippen molar-refractivity contribution in [1.82, 2.24) is 5.32 Å². The molecule has 80 valence electrons. The molecule has 0 aliphatic carbocycles. The number of nitrogens with zero attached hydrogens (tertiary/aromatic N) is 2. The molecule has 1 aromatic carbocycles. The van der Waals surface area contributed by atoms with Gasteiger partial charge in [0, 0.05) is 26.2 Å². The molecule has 4 heteroatoms. The maximum Gasteiger partial charge on any atom is 0.101 e. The Bertz CT molecular complexity index is 353. The molecular weight excluding hydrogens is 210 g/mol. The van der Waals surface area contributed by atoms with Gasteiger partial charge in [0.05, 0.1) is 11.3 Å². The largest absolute Gasteiger partial charge is 0.368 e. The van der Waals surface area contributed by atoms with Crippen LogP contribution in [0.5, 0.6) is 0 Å². The van der Waals surface area contributed by atoms with E-state index < -0.39 is 0 Å². The molecule has 0 atom stereocenters. The fourth-order valence-corrected chi connectivity index (χ4v) is 1.75. The number of benzene rings is 1. The standard InChI is InChI=1S/C11H13N3.ClH/c12-9-10-3-1-2-4-11(10)14-7-5-13-6-8-14;/h1-4,13H,5-8H2;1H. The minimum Gasteiger partial charge on any atom is -0.368 e. The van der Waals surface area contributed by atoms with Crippen LogP contribution in [0.1, 0.15) is 5.56 Å². The van der Waals surface area contributed by atoms with E-state index in [9.17, 15) is 0 Å². The maximum atomic E-state index is 8.96. The van der Waals surface area contributed by atoms with Gasteiger partial charge in [-0.2, -0.15) is 5.26 Å². The molecule has 1 heterocycles. The van der Waals surface area contributed by atoms with Gasteiger partial charge < -0.3 is 10.2 Å². The molecule has 0 aromatic heterocycles. The number of anilines is 1. The molecule has 0 bridgehead atoms. The van der Waals surface area contributed by atoms with E-state index in [1.54, 1.807) is 0 Å². The molecule has 15 heavy (non-hydrogen) atoms. The summed E-state index contributed by atoms with van der Waals surface area (Å²) in [6, 6.07) is 10.0. The number of rotatable bonds is 1. The number of piperazine rings is 1. The molecule has 2 rings (SSSR count). The number of nitriles is 1. The van der Waals surface area contributed by atoms with Gasteiger partial charge in [0.1, 0.15) is 6.07 Å². The summed E-state index contributed by atoms with van der Waals surface area (Å²) < 4.78 is 0. The Morgan fingerprint density at radius 3 is 2.53 bits per heavy atom. The number of nitrogens with one attached hydrogen (secondary N) is 1. The number of halogens is 1. The van der Waals surface area contributed by atoms with Crippen molar-refractivity contribution < 1.29 is 0 Å². The molecule has 1 aromatic rings. The lowest BCUT2D eigenvalue weighted by Crippen LogP contribution is -2.43. The van der Waals surface area contributed by atoms with Gasteiger partial charge in [-0.15, -0.1) is 12.4 Å². The van der Waals surface area contributed by atoms with Gasteiger partial charge in [0.2, 0.25) is 0 Å². The van der Waals surface area contributed by atoms with Crippen LogP contribution in [-0.4, -0.2) is 26.2 Å². The third kappa shape index (κ3) is 2.62. The smallest absolute Gasteiger partial charge is 0.101 e. The summed E-state index contributed by atoms with van der Waals surface area (Å²) >= 11 is 0. The van der Waals surface area contributed by atoms with Crippen LogP contribution in [0.4, 0.5) is 5.69 Å². The lowest BCUT2D eigenvalue weighted by molar-refractivity contribution is 0.589. The van der Waals surface area contributed by atoms with Gasteiger partial charge in [-0.05, 0) is 12.1 Å². The normalized spacial score (nSPS) is 15.3. The fourth-order valence-electron chi connectivity index (χ4n) is 1.75. The lowest BCUT2D eigenvalue weighted by Gasteiger charge is -2.29. The second-order valence-corrected chi connectivity index (χ2v) is 3.37. The second-order valence-electron chi connectivity index (χ2n) is 3.37. The highest BCUT2D eigenvalue weighted by atomic mass is 35.5. The van der Waals surface area contributed by atoms with Crippen LogP contribution in [0.3, 0.4) is 0 Å². The summed E-state index contributed by atoms with van der Waals surface area (Å²) in [6.07, 6.45) is 0. The zero-order chi connectivity index (χ0) is 9.80. The van der Waals surface area contributed by atoms with Crippen LogP contribution in [-0.2, 0) is 0 Å². The molecule has 0 spiro atoms. The van der Waals surface area contributed by atoms with Gasteiger partial charge in [-0.1, -0.05) is 12.1 Å². The van der Waals surface area contributed by atoms with Gasteiger partial charge in [-0.25, -0.2) is 0 Å². The van der Waals surface area contributed by atoms with Gasteiger partial charge >= 0.3 is 0 Å². The van der Waals surface area contributed by atoms with Gasteiger partial charge in [-0.3, -0.25) is 0 Å². The van der Waals surface area contributed by atoms with Crippen LogP contribution >= 0.6 is 12.4 Å². The first-order valence-electron chi connectivity index (χ1n) is 4.86. The predicted molar refractivity (Wildman–Crippen MR) is 63.5 cm³/mol. The van der Waals surface area contributed by atoms with Crippen LogP contribution in [0.15, 0.2) is 24.3 Å². The lowest BCUT2D eigenvalue weighted by atomic mass is 10.1. The molecule has 1 aliphatic rings. The monoisotopic (exact) mass is 223 g/mol. The third-order valence-electron chi connectivity index (χ3n) is 2.48. The first-order valence-corrected chi connectivity index (χ1v) is 4.86. The van der Waals surface area contributed by atoms with E-state index in [2.05, 4.69) is 16.3 Å². The van der Waals surface area contributed by atoms with E-state index in [1.807, 2.05) is 24.3 Å². The number of para-hydroxylation sites is 1. The first-order chi connectivity index (χ1) is 6.92. The Morgan fingerprint density at radius 2 is 1.87 bits per heavy atom. The van der Waals surface area contributed by atoms with Gasteiger partial charge in [0.15, 0.2) is 0 Å². The van der Waals surface area contributed by atoms with E-state index >= 15 is 0 Å². The van der Waals surface area contributed by atoms with Crippen LogP contribution in [0.2, 0.25) is 0 Å². The quantitative estimate of drug-likeness (QED) is 0.782. The van der Waals surface area contributed by atoms with Crippen molar-refractivity contribution in [2.24, 2.45) is 0 Å². The summed E-state index contributed by atoms with van der Waals surface area (Å²) in [7, 11) is 0. The highest BCUT2D eigenvalue weighted by molar-refractivity contribution is 5.85. The topological polar surface area (TPSA) is 39.1 Å². The number of hydrogen-bond acceptors (Lipinski definition) is 3. The highest BCUT2D eigenvalue weighted by Crippen LogP contribution is 2.19. The molecule has 1 fully saturated rings. The molecule has 1 saturated heterocycles. The summed E-state index contributed by atoms with van der Waals surface area (Å²) in [6.45, 7) is 3.97. The summed E-state index contributed by atoms with van der Waals surface area (Å²) in [5.74, 6) is 0. The Kier molecular flexibility index (Phi) is 4.41. The highest BCUT2D eigenvalue weighted by Gasteiger charge is 2.12. The Hall–Kier alpha value is -1.24. The first kappa shape index (κ1) is 11.8. The zero-order valence-corrected chi connectivity index (χ0v) is 9.26. The van der Waals surface area contributed by atoms with Crippen molar-refractivity contribution in [3.8, 4) is 6.07 Å². The SMILES string of the molecule is Cl.N#Cc1ccccc1N1CCNCC1. The second kappa shape index (κ2) is 5.59. The molecule has 0 saturated carbocycles. The summed E-state index contributed by atoms with van der Waals surface area (Å²) in [4.78, 5) is 2.26. The van der Waals surface area contributed by atoms with E-state index in [0.29, 0.717) is 0 Å². The van der Waals surface area contributed by atoms with Crippen LogP contribution in [0.25, 0.3) is 0 Å². The Morgan fingerprint density at radius 1 is 1.20 bits per heavy atom. The van der Waals surface area contributed by atoms with Crippen molar-refractivity contribution in [2.45, 2.75) is 0 Å². The van der Waals surface area contributed by atoms with Crippen molar-refractivity contribution in [2.75, 3.05) is 31.1 Å².